The summed E-state index contributed by atoms with van der Waals surface area (Å²) >= 11 is 0. The van der Waals surface area contributed by atoms with E-state index in [0.717, 1.165) is 0 Å². The number of hydrogen-bond acceptors (Lipinski definition) is 4. The molecule has 0 heterocycles. The summed E-state index contributed by atoms with van der Waals surface area (Å²) < 4.78 is 13.1. The van der Waals surface area contributed by atoms with Crippen molar-refractivity contribution in [2.24, 2.45) is 0 Å². The molecule has 5 nitrogen and oxygen atoms in total. The van der Waals surface area contributed by atoms with Gasteiger partial charge < -0.3 is 15.5 Å². The number of carboxylic acid groups (broad SMARTS) is 1. The van der Waals surface area contributed by atoms with Gasteiger partial charge >= 0.3 is 5.97 Å². The highest BCUT2D eigenvalue weighted by Gasteiger charge is 2.22. The zero-order valence-corrected chi connectivity index (χ0v) is 10.5. The Morgan fingerprint density at radius 3 is 2.63 bits per heavy atom. The van der Waals surface area contributed by atoms with Crippen molar-refractivity contribution >= 4 is 11.8 Å². The summed E-state index contributed by atoms with van der Waals surface area (Å²) in [6.45, 7) is 1.44. The van der Waals surface area contributed by atoms with Gasteiger partial charge in [0.25, 0.3) is 0 Å². The molecule has 1 rings (SSSR count). The van der Waals surface area contributed by atoms with Crippen molar-refractivity contribution in [3.63, 3.8) is 0 Å². The minimum absolute atomic E-state index is 0.115. The molecule has 0 aliphatic rings. The van der Waals surface area contributed by atoms with Crippen LogP contribution in [-0.4, -0.2) is 41.2 Å². The summed E-state index contributed by atoms with van der Waals surface area (Å²) in [5, 5.41) is 20.1. The maximum Gasteiger partial charge on any atom is 0.305 e. The Balaban J connectivity index is 2.90. The molecule has 19 heavy (non-hydrogen) atoms. The zero-order valence-electron chi connectivity index (χ0n) is 10.5. The van der Waals surface area contributed by atoms with Crippen LogP contribution in [0.25, 0.3) is 0 Å². The molecule has 0 radical (unpaired) electrons. The lowest BCUT2D eigenvalue weighted by atomic mass is 10.00. The number of nitrogens with one attached hydrogen (secondary N) is 1. The van der Waals surface area contributed by atoms with Crippen molar-refractivity contribution in [3.8, 4) is 0 Å². The first-order valence-corrected chi connectivity index (χ1v) is 5.82. The van der Waals surface area contributed by atoms with E-state index < -0.39 is 30.0 Å². The second-order valence-corrected chi connectivity index (χ2v) is 4.16. The monoisotopic (exact) mass is 269 g/mol. The summed E-state index contributed by atoms with van der Waals surface area (Å²) in [6, 6.07) is 2.94. The van der Waals surface area contributed by atoms with Gasteiger partial charge in [0.05, 0.1) is 19.1 Å². The van der Waals surface area contributed by atoms with Crippen LogP contribution in [-0.2, 0) is 4.79 Å². The van der Waals surface area contributed by atoms with Crippen molar-refractivity contribution in [2.45, 2.75) is 19.4 Å². The molecule has 0 saturated heterocycles. The fraction of sp³-hybridized carbons (Fsp3) is 0.385. The SMILES string of the molecule is Cc1cc(C(=O)C(CC(=O)O)NCCO)ccc1F. The number of Topliss-reactive ketones (excluding diaryl/α,β-unsaturated/α-hetero) is 1. The lowest BCUT2D eigenvalue weighted by molar-refractivity contribution is -0.137. The second kappa shape index (κ2) is 6.96. The number of aryl methyl sites for hydroxylation is 1. The molecule has 1 unspecified atom stereocenters. The van der Waals surface area contributed by atoms with E-state index in [0.29, 0.717) is 5.56 Å². The van der Waals surface area contributed by atoms with Crippen molar-refractivity contribution in [1.29, 1.82) is 0 Å². The zero-order chi connectivity index (χ0) is 14.4. The van der Waals surface area contributed by atoms with E-state index in [4.69, 9.17) is 10.2 Å². The Labute approximate surface area is 110 Å². The average Bonchev–Trinajstić information content (AvgIpc) is 2.36. The maximum atomic E-state index is 13.1. The van der Waals surface area contributed by atoms with E-state index in [1.165, 1.54) is 25.1 Å². The Hall–Kier alpha value is -1.79. The standard InChI is InChI=1S/C13H16FNO4/c1-8-6-9(2-3-10(8)14)13(19)11(7-12(17)18)15-4-5-16/h2-3,6,11,15-16H,4-5,7H2,1H3,(H,17,18). The van der Waals surface area contributed by atoms with Gasteiger partial charge in [0.15, 0.2) is 5.78 Å². The van der Waals surface area contributed by atoms with Crippen LogP contribution < -0.4 is 5.32 Å². The van der Waals surface area contributed by atoms with Gasteiger partial charge in [-0.15, -0.1) is 0 Å². The molecule has 0 bridgehead atoms. The van der Waals surface area contributed by atoms with E-state index in [1.807, 2.05) is 0 Å². The maximum absolute atomic E-state index is 13.1. The lowest BCUT2D eigenvalue weighted by Gasteiger charge is -2.15. The molecular weight excluding hydrogens is 253 g/mol. The Morgan fingerprint density at radius 1 is 1.42 bits per heavy atom. The van der Waals surface area contributed by atoms with Crippen molar-refractivity contribution < 1.29 is 24.2 Å². The molecular formula is C13H16FNO4. The van der Waals surface area contributed by atoms with Crippen LogP contribution >= 0.6 is 0 Å². The largest absolute Gasteiger partial charge is 0.481 e. The summed E-state index contributed by atoms with van der Waals surface area (Å²) in [5.41, 5.74) is 0.567. The topological polar surface area (TPSA) is 86.6 Å². The number of aliphatic hydroxyl groups is 1. The third-order valence-corrected chi connectivity index (χ3v) is 2.64. The minimum Gasteiger partial charge on any atom is -0.481 e. The summed E-state index contributed by atoms with van der Waals surface area (Å²) in [4.78, 5) is 22.8. The van der Waals surface area contributed by atoms with Crippen LogP contribution in [0.15, 0.2) is 18.2 Å². The number of carboxylic acids is 1. The van der Waals surface area contributed by atoms with Gasteiger partial charge in [0, 0.05) is 12.1 Å². The van der Waals surface area contributed by atoms with Gasteiger partial charge in [-0.25, -0.2) is 4.39 Å². The normalized spacial score (nSPS) is 12.2. The molecule has 6 heteroatoms. The molecule has 1 aromatic carbocycles. The van der Waals surface area contributed by atoms with Crippen LogP contribution in [0, 0.1) is 12.7 Å². The molecule has 1 atom stereocenters. The molecule has 0 fully saturated rings. The summed E-state index contributed by atoms with van der Waals surface area (Å²) in [5.74, 6) is -1.98. The third-order valence-electron chi connectivity index (χ3n) is 2.64. The van der Waals surface area contributed by atoms with Gasteiger partial charge in [-0.2, -0.15) is 0 Å². The quantitative estimate of drug-likeness (QED) is 0.636. The van der Waals surface area contributed by atoms with Gasteiger partial charge in [-0.1, -0.05) is 0 Å². The van der Waals surface area contributed by atoms with Crippen molar-refractivity contribution in [3.05, 3.63) is 35.1 Å². The van der Waals surface area contributed by atoms with Crippen LogP contribution in [0.1, 0.15) is 22.3 Å². The molecule has 1 aromatic rings. The number of aliphatic carboxylic acids is 1. The second-order valence-electron chi connectivity index (χ2n) is 4.16. The molecule has 0 spiro atoms. The van der Waals surface area contributed by atoms with Crippen LogP contribution in [0.4, 0.5) is 4.39 Å². The summed E-state index contributed by atoms with van der Waals surface area (Å²) in [7, 11) is 0. The molecule has 0 aromatic heterocycles. The highest BCUT2D eigenvalue weighted by atomic mass is 19.1. The third kappa shape index (κ3) is 4.42. The first-order valence-electron chi connectivity index (χ1n) is 5.82. The van der Waals surface area contributed by atoms with Crippen LogP contribution in [0.3, 0.4) is 0 Å². The number of hydrogen-bond donors (Lipinski definition) is 3. The molecule has 0 aliphatic heterocycles. The molecule has 3 N–H and O–H groups in total. The number of carbonyl (C=O) groups is 2. The van der Waals surface area contributed by atoms with Crippen molar-refractivity contribution in [1.82, 2.24) is 5.32 Å². The molecule has 0 amide bonds. The number of aliphatic hydroxyl groups excluding tert-OH is 1. The van der Waals surface area contributed by atoms with E-state index >= 15 is 0 Å². The first kappa shape index (κ1) is 15.3. The number of benzene rings is 1. The predicted molar refractivity (Wildman–Crippen MR) is 66.6 cm³/mol. The van der Waals surface area contributed by atoms with Gasteiger partial charge in [-0.3, -0.25) is 9.59 Å². The van der Waals surface area contributed by atoms with Gasteiger partial charge in [0.1, 0.15) is 5.82 Å². The van der Waals surface area contributed by atoms with Crippen molar-refractivity contribution in [2.75, 3.05) is 13.2 Å². The van der Waals surface area contributed by atoms with E-state index in [1.54, 1.807) is 0 Å². The Bertz CT molecular complexity index is 476. The molecule has 0 aliphatic carbocycles. The Kier molecular flexibility index (Phi) is 5.59. The van der Waals surface area contributed by atoms with Crippen LogP contribution in [0.2, 0.25) is 0 Å². The molecule has 104 valence electrons. The predicted octanol–water partition coefficient (Wildman–Crippen LogP) is 0.742. The van der Waals surface area contributed by atoms with E-state index in [-0.39, 0.29) is 18.7 Å². The Morgan fingerprint density at radius 2 is 2.11 bits per heavy atom. The average molecular weight is 269 g/mol. The number of ketones is 1. The fourth-order valence-electron chi connectivity index (χ4n) is 1.67. The van der Waals surface area contributed by atoms with E-state index in [2.05, 4.69) is 5.32 Å². The highest BCUT2D eigenvalue weighted by molar-refractivity contribution is 6.01. The smallest absolute Gasteiger partial charge is 0.305 e. The van der Waals surface area contributed by atoms with Gasteiger partial charge in [0.2, 0.25) is 0 Å². The first-order chi connectivity index (χ1) is 8.95. The number of rotatable bonds is 7. The fourth-order valence-corrected chi connectivity index (χ4v) is 1.67. The minimum atomic E-state index is -1.12. The van der Waals surface area contributed by atoms with Crippen LogP contribution in [0.5, 0.6) is 0 Å². The van der Waals surface area contributed by atoms with Gasteiger partial charge in [-0.05, 0) is 30.7 Å². The number of carbonyl (C=O) groups excluding carboxylic acids is 1. The number of halogens is 1. The lowest BCUT2D eigenvalue weighted by Crippen LogP contribution is -2.40. The molecule has 0 saturated carbocycles. The van der Waals surface area contributed by atoms with E-state index in [9.17, 15) is 14.0 Å². The summed E-state index contributed by atoms with van der Waals surface area (Å²) in [6.07, 6.45) is -0.394. The highest BCUT2D eigenvalue weighted by Crippen LogP contribution is 2.12.